The van der Waals surface area contributed by atoms with Crippen LogP contribution in [0.5, 0.6) is 0 Å². The fourth-order valence-corrected chi connectivity index (χ4v) is 10.7. The van der Waals surface area contributed by atoms with Gasteiger partial charge >= 0.3 is 212 Å². The Kier molecular flexibility index (Phi) is 23.4. The van der Waals surface area contributed by atoms with Crippen LogP contribution in [-0.2, 0) is 19.1 Å². The summed E-state index contributed by atoms with van der Waals surface area (Å²) in [7, 11) is 0. The van der Waals surface area contributed by atoms with E-state index in [0.29, 0.717) is 32.6 Å². The first-order valence-corrected chi connectivity index (χ1v) is 19.5. The van der Waals surface area contributed by atoms with Crippen LogP contribution >= 0.6 is 25.3 Å². The van der Waals surface area contributed by atoms with Gasteiger partial charge in [0.25, 0.3) is 0 Å². The van der Waals surface area contributed by atoms with Gasteiger partial charge in [0.15, 0.2) is 0 Å². The summed E-state index contributed by atoms with van der Waals surface area (Å²) in [6.45, 7) is 5.39. The van der Waals surface area contributed by atoms with Gasteiger partial charge in [0.1, 0.15) is 0 Å². The van der Waals surface area contributed by atoms with Crippen LogP contribution < -0.4 is 0 Å². The summed E-state index contributed by atoms with van der Waals surface area (Å²) in [5, 5.41) is 0. The number of esters is 2. The van der Waals surface area contributed by atoms with Gasteiger partial charge in [-0.05, 0) is 0 Å². The molecular weight excluding hydrogens is 618 g/mol. The van der Waals surface area contributed by atoms with Gasteiger partial charge in [-0.25, -0.2) is 0 Å². The molecule has 0 radical (unpaired) electrons. The molecule has 0 aromatic rings. The predicted octanol–water partition coefficient (Wildman–Crippen LogP) is 5.16. The second-order valence-corrected chi connectivity index (χ2v) is 20.5. The van der Waals surface area contributed by atoms with E-state index >= 15 is 0 Å². The molecule has 29 heavy (non-hydrogen) atoms. The standard InChI is InChI=1S/C13H22O4S2.2C4H9.2Sn/c14-12(16-8-10-18)6-4-2-1-3-5-7-13(15)17-9-11-19;2*1-3-4-2;;/h10-11,18-19H,1-9H2;2*1,3-4H2,2H3;;/q;;;2*+2. The molecule has 0 heterocycles. The minimum atomic E-state index is -0.500. The van der Waals surface area contributed by atoms with Crippen molar-refractivity contribution >= 4 is 79.5 Å². The van der Waals surface area contributed by atoms with Crippen molar-refractivity contribution in [3.05, 3.63) is 0 Å². The summed E-state index contributed by atoms with van der Waals surface area (Å²) in [6.07, 6.45) is 10.8. The van der Waals surface area contributed by atoms with Gasteiger partial charge in [0.2, 0.25) is 0 Å². The molecule has 0 bridgehead atoms. The van der Waals surface area contributed by atoms with Gasteiger partial charge in [0.05, 0.1) is 0 Å². The molecule has 4 nitrogen and oxygen atoms in total. The first-order chi connectivity index (χ1) is 14.0. The third-order valence-corrected chi connectivity index (χ3v) is 14.4. The number of ether oxygens (including phenoxy) is 2. The van der Waals surface area contributed by atoms with Gasteiger partial charge < -0.3 is 0 Å². The van der Waals surface area contributed by atoms with Gasteiger partial charge in [-0.2, -0.15) is 0 Å². The van der Waals surface area contributed by atoms with E-state index in [-0.39, 0.29) is 11.9 Å². The van der Waals surface area contributed by atoms with E-state index < -0.39 is 42.3 Å². The molecule has 0 rings (SSSR count). The average Bonchev–Trinajstić information content (AvgIpc) is 2.70. The molecule has 0 fully saturated rings. The molecule has 0 amide bonds. The topological polar surface area (TPSA) is 52.6 Å². The van der Waals surface area contributed by atoms with E-state index in [4.69, 9.17) is 9.47 Å². The Bertz CT molecular complexity index is 378. The summed E-state index contributed by atoms with van der Waals surface area (Å²) < 4.78 is 13.9. The number of carbonyl (C=O) groups is 2. The maximum absolute atomic E-state index is 11.8. The molecule has 0 aliphatic heterocycles. The van der Waals surface area contributed by atoms with Crippen LogP contribution in [0.25, 0.3) is 0 Å². The number of hydrogen-bond donors (Lipinski definition) is 2. The maximum atomic E-state index is 11.8. The van der Waals surface area contributed by atoms with Gasteiger partial charge in [0, 0.05) is 0 Å². The summed E-state index contributed by atoms with van der Waals surface area (Å²) in [5.74, 6) is -0.181. The molecule has 0 aliphatic carbocycles. The van der Waals surface area contributed by atoms with Crippen LogP contribution in [0, 0.1) is 0 Å². The Morgan fingerprint density at radius 3 is 1.45 bits per heavy atom. The fourth-order valence-electron chi connectivity index (χ4n) is 2.57. The van der Waals surface area contributed by atoms with E-state index in [9.17, 15) is 9.59 Å². The summed E-state index contributed by atoms with van der Waals surface area (Å²) >= 11 is 8.09. The summed E-state index contributed by atoms with van der Waals surface area (Å²) in [6, 6.07) is 0. The number of carbonyl (C=O) groups excluding carboxylic acids is 2. The second kappa shape index (κ2) is 22.4. The molecule has 0 N–H and O–H groups in total. The van der Waals surface area contributed by atoms with Crippen molar-refractivity contribution in [1.29, 1.82) is 0 Å². The van der Waals surface area contributed by atoms with Crippen molar-refractivity contribution in [3.8, 4) is 0 Å². The number of rotatable bonds is 20. The number of hydrogen-bond acceptors (Lipinski definition) is 6. The van der Waals surface area contributed by atoms with Crippen LogP contribution in [0.4, 0.5) is 0 Å². The van der Waals surface area contributed by atoms with Gasteiger partial charge in [-0.1, -0.05) is 0 Å². The monoisotopic (exact) mass is 660 g/mol. The van der Waals surface area contributed by atoms with Crippen LogP contribution in [0.15, 0.2) is 0 Å². The normalized spacial score (nSPS) is 12.6. The van der Waals surface area contributed by atoms with Gasteiger partial charge in [-0.15, -0.1) is 0 Å². The van der Waals surface area contributed by atoms with Crippen LogP contribution in [0.2, 0.25) is 8.87 Å². The minimum absolute atomic E-state index is 0.0907. The van der Waals surface area contributed by atoms with Crippen molar-refractivity contribution in [2.24, 2.45) is 0 Å². The number of unbranched alkanes of at least 4 members (excludes halogenated alkanes) is 6. The van der Waals surface area contributed by atoms with E-state index in [1.54, 1.807) is 0 Å². The SMILES string of the molecule is CCC[CH2][Sn+2][CH](S)COC(=O)CCCCCCCC(=O)OC[CH](S)[Sn+2][CH2]CCC. The van der Waals surface area contributed by atoms with Crippen LogP contribution in [-0.4, -0.2) is 74.0 Å². The zero-order valence-electron chi connectivity index (χ0n) is 18.3. The Morgan fingerprint density at radius 1 is 0.690 bits per heavy atom. The zero-order chi connectivity index (χ0) is 21.7. The molecule has 8 heteroatoms. The second-order valence-electron chi connectivity index (χ2n) is 7.28. The Hall–Kier alpha value is 1.24. The van der Waals surface area contributed by atoms with Crippen molar-refractivity contribution in [1.82, 2.24) is 0 Å². The molecule has 0 aromatic carbocycles. The van der Waals surface area contributed by atoms with E-state index in [1.807, 2.05) is 0 Å². The van der Waals surface area contributed by atoms with Crippen LogP contribution in [0.3, 0.4) is 0 Å². The molecule has 2 atom stereocenters. The third-order valence-electron chi connectivity index (χ3n) is 4.39. The Labute approximate surface area is 210 Å². The molecule has 0 saturated carbocycles. The summed E-state index contributed by atoms with van der Waals surface area (Å²) in [4.78, 5) is 23.5. The fraction of sp³-hybridized carbons (Fsp3) is 0.905. The van der Waals surface area contributed by atoms with Crippen molar-refractivity contribution in [2.45, 2.75) is 99.9 Å². The Balaban J connectivity index is 3.46. The van der Waals surface area contributed by atoms with E-state index in [0.717, 1.165) is 32.1 Å². The average molecular weight is 658 g/mol. The molecule has 0 spiro atoms. The molecular formula is C21H40O4S2Sn2+4. The molecule has 0 aromatic heterocycles. The van der Waals surface area contributed by atoms with Crippen molar-refractivity contribution in [3.63, 3.8) is 0 Å². The zero-order valence-corrected chi connectivity index (χ0v) is 25.8. The third kappa shape index (κ3) is 22.2. The summed E-state index contributed by atoms with van der Waals surface area (Å²) in [5.41, 5.74) is 0. The molecule has 2 unspecified atom stereocenters. The van der Waals surface area contributed by atoms with E-state index in [1.165, 1.54) is 34.6 Å². The quantitative estimate of drug-likeness (QED) is 0.0823. The first-order valence-electron chi connectivity index (χ1n) is 11.1. The van der Waals surface area contributed by atoms with E-state index in [2.05, 4.69) is 39.1 Å². The molecule has 0 aliphatic rings. The van der Waals surface area contributed by atoms with Crippen molar-refractivity contribution in [2.75, 3.05) is 13.2 Å². The van der Waals surface area contributed by atoms with Crippen molar-refractivity contribution < 1.29 is 19.1 Å². The number of thiol groups is 2. The Morgan fingerprint density at radius 2 is 1.07 bits per heavy atom. The predicted molar refractivity (Wildman–Crippen MR) is 131 cm³/mol. The molecule has 0 saturated heterocycles. The molecule has 164 valence electrons. The van der Waals surface area contributed by atoms with Gasteiger partial charge in [-0.3, -0.25) is 0 Å². The first kappa shape index (κ1) is 30.2. The van der Waals surface area contributed by atoms with Crippen LogP contribution in [0.1, 0.15) is 84.5 Å².